The van der Waals surface area contributed by atoms with Crippen molar-refractivity contribution in [2.75, 3.05) is 0 Å². The molecule has 0 spiro atoms. The maximum Gasteiger partial charge on any atom is 0.111 e. The molecule has 0 unspecified atom stereocenters. The van der Waals surface area contributed by atoms with Crippen LogP contribution in [-0.2, 0) is 0 Å². The van der Waals surface area contributed by atoms with Crippen LogP contribution in [0.4, 0.5) is 0 Å². The van der Waals surface area contributed by atoms with E-state index in [-0.39, 0.29) is 0 Å². The highest BCUT2D eigenvalue weighted by atomic mass is 32.1. The van der Waals surface area contributed by atoms with E-state index in [1.54, 1.807) is 0 Å². The first-order chi connectivity index (χ1) is 2.81. The molecule has 1 N–H and O–H groups in total. The smallest absolute Gasteiger partial charge is 0.111 e. The summed E-state index contributed by atoms with van der Waals surface area (Å²) in [4.78, 5) is 0. The van der Waals surface area contributed by atoms with Crippen molar-refractivity contribution in [3.63, 3.8) is 0 Å². The second-order valence-corrected chi connectivity index (χ2v) is 1.31. The first-order valence-corrected chi connectivity index (χ1v) is 2.34. The van der Waals surface area contributed by atoms with E-state index >= 15 is 0 Å². The van der Waals surface area contributed by atoms with Crippen LogP contribution in [0.3, 0.4) is 0 Å². The highest BCUT2D eigenvalue weighted by Gasteiger charge is 1.84. The minimum absolute atomic E-state index is 0.685. The Bertz CT molecular complexity index is 53.8. The zero-order chi connectivity index (χ0) is 4.99. The summed E-state index contributed by atoms with van der Waals surface area (Å²) in [6.45, 7) is 0. The van der Waals surface area contributed by atoms with E-state index in [2.05, 4.69) is 24.4 Å². The van der Waals surface area contributed by atoms with Crippen LogP contribution in [0.5, 0.6) is 0 Å². The Balaban J connectivity index is 3.21. The number of rotatable bonds is 2. The van der Waals surface area contributed by atoms with E-state index in [0.717, 1.165) is 0 Å². The number of hydrogen-bond donors (Lipinski definition) is 1. The Labute approximate surface area is 47.0 Å². The zero-order valence-electron chi connectivity index (χ0n) is 3.00. The van der Waals surface area contributed by atoms with Crippen LogP contribution in [0, 0.1) is 0 Å². The van der Waals surface area contributed by atoms with E-state index in [9.17, 15) is 0 Å². The molecule has 0 aromatic heterocycles. The first-order valence-electron chi connectivity index (χ1n) is 1.40. The van der Waals surface area contributed by atoms with Crippen LogP contribution in [0.1, 0.15) is 0 Å². The molecule has 3 heteroatoms. The summed E-state index contributed by atoms with van der Waals surface area (Å²) in [5.74, 6) is 0. The van der Waals surface area contributed by atoms with Gasteiger partial charge in [0.25, 0.3) is 0 Å². The van der Waals surface area contributed by atoms with Gasteiger partial charge in [-0.15, -0.1) is 0 Å². The minimum atomic E-state index is -0.685. The molecule has 1 nitrogen and oxygen atoms in total. The van der Waals surface area contributed by atoms with Gasteiger partial charge in [-0.1, -0.05) is 24.4 Å². The second kappa shape index (κ2) is 3.33. The molecule has 0 atom stereocenters. The maximum absolute atomic E-state index is 8.35. The minimum Gasteiger partial charge on any atom is -0.383 e. The summed E-state index contributed by atoms with van der Waals surface area (Å²) in [6, 6.07) is 0. The lowest BCUT2D eigenvalue weighted by Crippen LogP contribution is -2.04. The molecule has 0 aromatic rings. The molecule has 0 saturated carbocycles. The van der Waals surface area contributed by atoms with Crippen LogP contribution in [0.2, 0.25) is 0 Å². The molecule has 0 aromatic carbocycles. The first kappa shape index (κ1) is 6.14. The van der Waals surface area contributed by atoms with Gasteiger partial charge in [0.2, 0.25) is 0 Å². The van der Waals surface area contributed by atoms with Crippen molar-refractivity contribution >= 4 is 35.2 Å². The third kappa shape index (κ3) is 2.38. The second-order valence-electron chi connectivity index (χ2n) is 0.763. The third-order valence-electron chi connectivity index (χ3n) is 0.279. The summed E-state index contributed by atoms with van der Waals surface area (Å²) in [6.07, 6.45) is -0.685. The van der Waals surface area contributed by atoms with E-state index in [1.165, 1.54) is 10.7 Å². The van der Waals surface area contributed by atoms with Crippen LogP contribution < -0.4 is 0 Å². The third-order valence-corrected chi connectivity index (χ3v) is 0.837. The van der Waals surface area contributed by atoms with Gasteiger partial charge in [-0.3, -0.25) is 0 Å². The topological polar surface area (TPSA) is 20.2 Å². The van der Waals surface area contributed by atoms with E-state index in [0.29, 0.717) is 0 Å². The Kier molecular flexibility index (Phi) is 3.41. The molecule has 0 amide bonds. The molecule has 0 bridgehead atoms. The highest BCUT2D eigenvalue weighted by Crippen LogP contribution is 1.67. The summed E-state index contributed by atoms with van der Waals surface area (Å²) >= 11 is 8.60. The van der Waals surface area contributed by atoms with Crippen molar-refractivity contribution in [2.24, 2.45) is 0 Å². The van der Waals surface area contributed by atoms with Crippen LogP contribution in [0.25, 0.3) is 0 Å². The molecular weight excluding hydrogens is 116 g/mol. The summed E-state index contributed by atoms with van der Waals surface area (Å²) in [5.41, 5.74) is 0. The van der Waals surface area contributed by atoms with Crippen LogP contribution >= 0.6 is 24.4 Å². The number of thiocarbonyl (C=S) groups is 2. The maximum atomic E-state index is 8.35. The van der Waals surface area contributed by atoms with Crippen LogP contribution in [-0.4, -0.2) is 21.9 Å². The van der Waals surface area contributed by atoms with Crippen molar-refractivity contribution in [1.82, 2.24) is 0 Å². The average Bonchev–Trinajstić information content (AvgIpc) is 1.65. The van der Waals surface area contributed by atoms with E-state index < -0.39 is 6.10 Å². The van der Waals surface area contributed by atoms with Crippen molar-refractivity contribution < 1.29 is 5.11 Å². The van der Waals surface area contributed by atoms with Crippen molar-refractivity contribution in [1.29, 1.82) is 0 Å². The fourth-order valence-electron chi connectivity index (χ4n) is 0.0321. The molecule has 6 heavy (non-hydrogen) atoms. The lowest BCUT2D eigenvalue weighted by atomic mass is 10.5. The monoisotopic (exact) mass is 120 g/mol. The standard InChI is InChI=1S/C3H4OS2/c4-3(1-5)2-6/h1-4H. The molecule has 0 heterocycles. The lowest BCUT2D eigenvalue weighted by molar-refractivity contribution is 0.319. The van der Waals surface area contributed by atoms with E-state index in [1.807, 2.05) is 0 Å². The van der Waals surface area contributed by atoms with Gasteiger partial charge in [0.05, 0.1) is 0 Å². The lowest BCUT2D eigenvalue weighted by Gasteiger charge is -1.84. The predicted molar refractivity (Wildman–Crippen MR) is 33.3 cm³/mol. The Morgan fingerprint density at radius 1 is 1.33 bits per heavy atom. The van der Waals surface area contributed by atoms with Gasteiger partial charge in [-0.05, 0) is 0 Å². The number of hydrogen-bond acceptors (Lipinski definition) is 3. The van der Waals surface area contributed by atoms with Crippen LogP contribution in [0.15, 0.2) is 0 Å². The van der Waals surface area contributed by atoms with Gasteiger partial charge < -0.3 is 5.11 Å². The summed E-state index contributed by atoms with van der Waals surface area (Å²) < 4.78 is 0. The summed E-state index contributed by atoms with van der Waals surface area (Å²) in [5, 5.41) is 10.8. The SMILES string of the molecule is OC(C=S)C=S. The van der Waals surface area contributed by atoms with Gasteiger partial charge >= 0.3 is 0 Å². The largest absolute Gasteiger partial charge is 0.383 e. The Morgan fingerprint density at radius 3 is 1.67 bits per heavy atom. The van der Waals surface area contributed by atoms with Gasteiger partial charge in [-0.2, -0.15) is 0 Å². The molecule has 0 rings (SSSR count). The molecule has 34 valence electrons. The molecule has 0 aliphatic rings. The van der Waals surface area contributed by atoms with Gasteiger partial charge in [0.1, 0.15) is 6.10 Å². The number of aliphatic hydroxyl groups excluding tert-OH is 1. The molecule has 0 radical (unpaired) electrons. The van der Waals surface area contributed by atoms with Gasteiger partial charge in [0.15, 0.2) is 0 Å². The average molecular weight is 120 g/mol. The van der Waals surface area contributed by atoms with E-state index in [4.69, 9.17) is 5.11 Å². The molecule has 0 fully saturated rings. The number of aliphatic hydroxyl groups is 1. The molecule has 0 saturated heterocycles. The van der Waals surface area contributed by atoms with Gasteiger partial charge in [0, 0.05) is 10.7 Å². The van der Waals surface area contributed by atoms with Crippen molar-refractivity contribution in [2.45, 2.75) is 6.10 Å². The fourth-order valence-corrected chi connectivity index (χ4v) is 0.289. The summed E-state index contributed by atoms with van der Waals surface area (Å²) in [7, 11) is 0. The fraction of sp³-hybridized carbons (Fsp3) is 0.333. The highest BCUT2D eigenvalue weighted by molar-refractivity contribution is 7.80. The quantitative estimate of drug-likeness (QED) is 0.531. The van der Waals surface area contributed by atoms with Crippen molar-refractivity contribution in [3.8, 4) is 0 Å². The zero-order valence-corrected chi connectivity index (χ0v) is 4.63. The van der Waals surface area contributed by atoms with Gasteiger partial charge in [-0.25, -0.2) is 0 Å². The Hall–Kier alpha value is 0.140. The Morgan fingerprint density at radius 2 is 1.67 bits per heavy atom. The molecule has 0 aliphatic heterocycles. The van der Waals surface area contributed by atoms with Crippen molar-refractivity contribution in [3.05, 3.63) is 0 Å². The predicted octanol–water partition coefficient (Wildman–Crippen LogP) is 0.347. The molecular formula is C3H4OS2. The molecule has 0 aliphatic carbocycles. The normalized spacial score (nSPS) is 8.33.